The molecule has 0 atom stereocenters. The molecule has 0 radical (unpaired) electrons. The van der Waals surface area contributed by atoms with Gasteiger partial charge in [0.05, 0.1) is 5.41 Å². The summed E-state index contributed by atoms with van der Waals surface area (Å²) < 4.78 is 0. The Morgan fingerprint density at radius 1 is 0.586 bits per heavy atom. The molecule has 0 amide bonds. The van der Waals surface area contributed by atoms with Crippen molar-refractivity contribution in [2.75, 3.05) is 0 Å². The fraction of sp³-hybridized carbons (Fsp3) is 0.103. The Morgan fingerprint density at radius 2 is 1.10 bits per heavy atom. The molecule has 29 heavy (non-hydrogen) atoms. The third-order valence-corrected chi connectivity index (χ3v) is 6.42. The minimum absolute atomic E-state index is 0.332. The summed E-state index contributed by atoms with van der Waals surface area (Å²) in [5.74, 6) is 0. The molecule has 0 unspecified atom stereocenters. The molecule has 0 saturated heterocycles. The molecule has 0 saturated carbocycles. The van der Waals surface area contributed by atoms with Crippen LogP contribution in [0.25, 0.3) is 17.2 Å². The molecule has 0 fully saturated rings. The molecule has 1 aliphatic rings. The van der Waals surface area contributed by atoms with Gasteiger partial charge < -0.3 is 0 Å². The fourth-order valence-corrected chi connectivity index (χ4v) is 5.24. The van der Waals surface area contributed by atoms with E-state index in [1.54, 1.807) is 0 Å². The Balaban J connectivity index is 2.05. The molecule has 0 bridgehead atoms. The molecule has 0 heteroatoms. The summed E-state index contributed by atoms with van der Waals surface area (Å²) in [5, 5.41) is 0. The first-order valence-corrected chi connectivity index (χ1v) is 10.2. The molecule has 1 aliphatic carbocycles. The Kier molecular flexibility index (Phi) is 4.03. The average molecular weight is 373 g/mol. The standard InChI is InChI=1S/C29H24/c1-4-22-14-11-19-27-28(22)23-15-7-10-18-26(23)29(27,24-16-8-5-12-20(24)2)25-17-9-6-13-21(25)3/h4-19H,1H2,2-3H3. The third kappa shape index (κ3) is 2.32. The van der Waals surface area contributed by atoms with Crippen LogP contribution in [0.5, 0.6) is 0 Å². The van der Waals surface area contributed by atoms with Crippen LogP contribution in [0.4, 0.5) is 0 Å². The van der Waals surface area contributed by atoms with E-state index in [4.69, 9.17) is 0 Å². The molecular weight excluding hydrogens is 348 g/mol. The minimum atomic E-state index is -0.332. The summed E-state index contributed by atoms with van der Waals surface area (Å²) in [4.78, 5) is 0. The smallest absolute Gasteiger partial charge is 0.0718 e. The lowest BCUT2D eigenvalue weighted by Gasteiger charge is -2.36. The maximum atomic E-state index is 4.11. The minimum Gasteiger partial charge on any atom is -0.0984 e. The van der Waals surface area contributed by atoms with E-state index in [2.05, 4.69) is 111 Å². The van der Waals surface area contributed by atoms with Crippen molar-refractivity contribution < 1.29 is 0 Å². The summed E-state index contributed by atoms with van der Waals surface area (Å²) in [7, 11) is 0. The van der Waals surface area contributed by atoms with Gasteiger partial charge in [-0.15, -0.1) is 0 Å². The van der Waals surface area contributed by atoms with Crippen LogP contribution in [0.3, 0.4) is 0 Å². The van der Waals surface area contributed by atoms with Gasteiger partial charge in [0.15, 0.2) is 0 Å². The highest BCUT2D eigenvalue weighted by molar-refractivity contribution is 5.91. The van der Waals surface area contributed by atoms with Crippen molar-refractivity contribution in [3.05, 3.63) is 137 Å². The molecule has 0 aromatic heterocycles. The monoisotopic (exact) mass is 372 g/mol. The van der Waals surface area contributed by atoms with Gasteiger partial charge in [-0.1, -0.05) is 104 Å². The van der Waals surface area contributed by atoms with Gasteiger partial charge in [-0.25, -0.2) is 0 Å². The van der Waals surface area contributed by atoms with Crippen molar-refractivity contribution in [3.8, 4) is 11.1 Å². The second-order valence-electron chi connectivity index (χ2n) is 7.90. The van der Waals surface area contributed by atoms with Crippen molar-refractivity contribution in [1.29, 1.82) is 0 Å². The molecule has 0 aliphatic heterocycles. The van der Waals surface area contributed by atoms with Gasteiger partial charge in [-0.2, -0.15) is 0 Å². The fourth-order valence-electron chi connectivity index (χ4n) is 5.24. The van der Waals surface area contributed by atoms with Gasteiger partial charge >= 0.3 is 0 Å². The van der Waals surface area contributed by atoms with Crippen LogP contribution in [0.1, 0.15) is 38.9 Å². The van der Waals surface area contributed by atoms with E-state index in [9.17, 15) is 0 Å². The molecule has 0 heterocycles. The molecule has 4 aromatic carbocycles. The SMILES string of the molecule is C=Cc1cccc2c1-c1ccccc1C2(c1ccccc1C)c1ccccc1C. The Hall–Kier alpha value is -3.38. The lowest BCUT2D eigenvalue weighted by molar-refractivity contribution is 0.754. The first kappa shape index (κ1) is 17.7. The zero-order valence-electron chi connectivity index (χ0n) is 16.9. The van der Waals surface area contributed by atoms with Gasteiger partial charge in [0.2, 0.25) is 0 Å². The topological polar surface area (TPSA) is 0 Å². The van der Waals surface area contributed by atoms with E-state index >= 15 is 0 Å². The van der Waals surface area contributed by atoms with Gasteiger partial charge in [0, 0.05) is 0 Å². The number of rotatable bonds is 3. The second kappa shape index (κ2) is 6.60. The largest absolute Gasteiger partial charge is 0.0984 e. The van der Waals surface area contributed by atoms with Crippen LogP contribution in [0, 0.1) is 13.8 Å². The van der Waals surface area contributed by atoms with Crippen LogP contribution in [-0.2, 0) is 5.41 Å². The normalized spacial score (nSPS) is 13.6. The number of aryl methyl sites for hydroxylation is 2. The van der Waals surface area contributed by atoms with Gasteiger partial charge in [0.1, 0.15) is 0 Å². The van der Waals surface area contributed by atoms with Crippen LogP contribution in [0.15, 0.2) is 97.6 Å². The number of fused-ring (bicyclic) bond motifs is 3. The van der Waals surface area contributed by atoms with Crippen molar-refractivity contribution in [2.45, 2.75) is 19.3 Å². The Morgan fingerprint density at radius 3 is 1.69 bits per heavy atom. The highest BCUT2D eigenvalue weighted by Gasteiger charge is 2.47. The van der Waals surface area contributed by atoms with Gasteiger partial charge in [0.25, 0.3) is 0 Å². The van der Waals surface area contributed by atoms with Crippen molar-refractivity contribution in [3.63, 3.8) is 0 Å². The lowest BCUT2D eigenvalue weighted by Crippen LogP contribution is -2.30. The zero-order chi connectivity index (χ0) is 20.0. The second-order valence-corrected chi connectivity index (χ2v) is 7.90. The van der Waals surface area contributed by atoms with E-state index < -0.39 is 0 Å². The number of hydrogen-bond donors (Lipinski definition) is 0. The third-order valence-electron chi connectivity index (χ3n) is 6.42. The van der Waals surface area contributed by atoms with E-state index in [0.717, 1.165) is 0 Å². The summed E-state index contributed by atoms with van der Waals surface area (Å²) in [6.07, 6.45) is 1.99. The summed E-state index contributed by atoms with van der Waals surface area (Å²) in [5.41, 5.74) is 11.5. The van der Waals surface area contributed by atoms with Crippen molar-refractivity contribution in [1.82, 2.24) is 0 Å². The van der Waals surface area contributed by atoms with Gasteiger partial charge in [-0.3, -0.25) is 0 Å². The summed E-state index contributed by atoms with van der Waals surface area (Å²) >= 11 is 0. The van der Waals surface area contributed by atoms with Crippen molar-refractivity contribution >= 4 is 6.08 Å². The predicted octanol–water partition coefficient (Wildman–Crippen LogP) is 7.31. The highest BCUT2D eigenvalue weighted by atomic mass is 14.5. The maximum Gasteiger partial charge on any atom is 0.0718 e. The van der Waals surface area contributed by atoms with Gasteiger partial charge in [-0.05, 0) is 63.9 Å². The van der Waals surface area contributed by atoms with E-state index in [0.29, 0.717) is 0 Å². The molecule has 5 rings (SSSR count). The lowest BCUT2D eigenvalue weighted by atomic mass is 9.65. The molecule has 0 spiro atoms. The summed E-state index contributed by atoms with van der Waals surface area (Å²) in [6, 6.07) is 33.2. The van der Waals surface area contributed by atoms with E-state index in [1.165, 1.54) is 50.1 Å². The first-order chi connectivity index (χ1) is 14.2. The maximum absolute atomic E-state index is 4.11. The van der Waals surface area contributed by atoms with Crippen LogP contribution < -0.4 is 0 Å². The zero-order valence-corrected chi connectivity index (χ0v) is 16.9. The molecule has 0 N–H and O–H groups in total. The first-order valence-electron chi connectivity index (χ1n) is 10.2. The predicted molar refractivity (Wildman–Crippen MR) is 123 cm³/mol. The quantitative estimate of drug-likeness (QED) is 0.311. The average Bonchev–Trinajstić information content (AvgIpc) is 3.06. The van der Waals surface area contributed by atoms with Crippen molar-refractivity contribution in [2.24, 2.45) is 0 Å². The van der Waals surface area contributed by atoms with E-state index in [1.807, 2.05) is 6.08 Å². The Bertz CT molecular complexity index is 1200. The number of benzene rings is 4. The van der Waals surface area contributed by atoms with E-state index in [-0.39, 0.29) is 5.41 Å². The molecular formula is C29H24. The summed E-state index contributed by atoms with van der Waals surface area (Å²) in [6.45, 7) is 8.57. The highest BCUT2D eigenvalue weighted by Crippen LogP contribution is 2.58. The molecule has 4 aromatic rings. The molecule has 140 valence electrons. The Labute approximate surface area is 173 Å². The van der Waals surface area contributed by atoms with Crippen LogP contribution in [-0.4, -0.2) is 0 Å². The number of hydrogen-bond acceptors (Lipinski definition) is 0. The van der Waals surface area contributed by atoms with Crippen LogP contribution >= 0.6 is 0 Å². The van der Waals surface area contributed by atoms with Crippen LogP contribution in [0.2, 0.25) is 0 Å². The molecule has 0 nitrogen and oxygen atoms in total.